The van der Waals surface area contributed by atoms with Crippen molar-refractivity contribution in [1.82, 2.24) is 0 Å². The van der Waals surface area contributed by atoms with Crippen LogP contribution in [0.2, 0.25) is 0 Å². The van der Waals surface area contributed by atoms with Crippen molar-refractivity contribution in [2.24, 2.45) is 11.3 Å². The van der Waals surface area contributed by atoms with Gasteiger partial charge in [0.25, 0.3) is 0 Å². The number of hydrogen-bond donors (Lipinski definition) is 10. The average Bonchev–Trinajstić information content (AvgIpc) is 3.50. The summed E-state index contributed by atoms with van der Waals surface area (Å²) in [4.78, 5) is 71.2. The number of ketones is 2. The Morgan fingerprint density at radius 1 is 0.585 bits per heavy atom. The molecule has 0 saturated carbocycles. The summed E-state index contributed by atoms with van der Waals surface area (Å²) in [5, 5.41) is 93.1. The maximum absolute atomic E-state index is 13.1. The molecule has 460 valence electrons. The van der Waals surface area contributed by atoms with Gasteiger partial charge in [-0.2, -0.15) is 0 Å². The van der Waals surface area contributed by atoms with E-state index in [2.05, 4.69) is 24.7 Å². The van der Waals surface area contributed by atoms with Crippen molar-refractivity contribution >= 4 is 35.8 Å². The van der Waals surface area contributed by atoms with E-state index in [1.807, 2.05) is 134 Å². The lowest BCUT2D eigenvalue weighted by Gasteiger charge is -2.36. The molecule has 20 nitrogen and oxygen atoms in total. The van der Waals surface area contributed by atoms with E-state index in [9.17, 15) is 64.5 Å². The first-order valence-electron chi connectivity index (χ1n) is 27.3. The molecule has 0 saturated heterocycles. The number of carbonyl (C=O) groups is 6. The van der Waals surface area contributed by atoms with Gasteiger partial charge in [0.2, 0.25) is 0 Å². The summed E-state index contributed by atoms with van der Waals surface area (Å²) >= 11 is 0. The summed E-state index contributed by atoms with van der Waals surface area (Å²) < 4.78 is 20.2. The summed E-state index contributed by atoms with van der Waals surface area (Å²) in [6.45, 7) is 18.9. The number of carbonyl (C=O) groups excluding carboxylic acids is 6. The quantitative estimate of drug-likeness (QED) is 0.0205. The molecule has 0 aromatic heterocycles. The van der Waals surface area contributed by atoms with Crippen LogP contribution in [0.1, 0.15) is 115 Å². The molecule has 0 aromatic carbocycles. The molecule has 0 radical (unpaired) electrons. The largest absolute Gasteiger partial charge is 0.463 e. The van der Waals surface area contributed by atoms with Crippen LogP contribution in [0.25, 0.3) is 0 Å². The molecule has 11 atom stereocenters. The average molecular weight is 1160 g/mol. The maximum atomic E-state index is 13.1. The first kappa shape index (κ1) is 76.1. The second-order valence-electron chi connectivity index (χ2n) is 20.4. The Morgan fingerprint density at radius 2 is 0.988 bits per heavy atom. The molecule has 2 aliphatic rings. The van der Waals surface area contributed by atoms with Crippen molar-refractivity contribution in [2.45, 2.75) is 176 Å². The van der Waals surface area contributed by atoms with Gasteiger partial charge in [-0.1, -0.05) is 142 Å². The fourth-order valence-corrected chi connectivity index (χ4v) is 7.99. The van der Waals surface area contributed by atoms with E-state index in [-0.39, 0.29) is 54.7 Å². The third kappa shape index (κ3) is 27.9. The fourth-order valence-electron chi connectivity index (χ4n) is 7.99. The van der Waals surface area contributed by atoms with Gasteiger partial charge >= 0.3 is 17.9 Å². The lowest BCUT2D eigenvalue weighted by molar-refractivity contribution is -0.161. The summed E-state index contributed by atoms with van der Waals surface area (Å²) in [5.74, 6) is -2.74. The van der Waals surface area contributed by atoms with E-state index in [4.69, 9.17) is 29.5 Å². The van der Waals surface area contributed by atoms with E-state index in [1.54, 1.807) is 14.0 Å². The van der Waals surface area contributed by atoms with Crippen LogP contribution in [0.15, 0.2) is 130 Å². The molecule has 0 heterocycles. The predicted molar refractivity (Wildman–Crippen MR) is 309 cm³/mol. The Bertz CT molecular complexity index is 2410. The molecule has 82 heavy (non-hydrogen) atoms. The number of aliphatic hydroxyl groups excluding tert-OH is 10. The molecule has 0 spiro atoms. The van der Waals surface area contributed by atoms with Crippen LogP contribution in [-0.4, -0.2) is 181 Å². The Hall–Kier alpha value is -5.88. The van der Waals surface area contributed by atoms with Crippen LogP contribution in [-0.2, 0) is 47.7 Å². The third-order valence-corrected chi connectivity index (χ3v) is 13.0. The second-order valence-corrected chi connectivity index (χ2v) is 20.4. The molecule has 11 unspecified atom stereocenters. The van der Waals surface area contributed by atoms with Crippen molar-refractivity contribution < 1.29 is 98.8 Å². The van der Waals surface area contributed by atoms with Crippen LogP contribution in [0.4, 0.5) is 0 Å². The Morgan fingerprint density at radius 3 is 1.44 bits per heavy atom. The number of aliphatic hydroxyl groups is 10. The molecule has 0 bridgehead atoms. The molecule has 2 rings (SSSR count). The van der Waals surface area contributed by atoms with Gasteiger partial charge in [-0.3, -0.25) is 24.0 Å². The van der Waals surface area contributed by atoms with Crippen LogP contribution in [0, 0.1) is 11.3 Å². The van der Waals surface area contributed by atoms with Gasteiger partial charge in [0.1, 0.15) is 74.4 Å². The molecule has 0 aliphatic heterocycles. The smallest absolute Gasteiger partial charge is 0.307 e. The first-order chi connectivity index (χ1) is 38.6. The number of aldehydes is 1. The lowest BCUT2D eigenvalue weighted by Crippen LogP contribution is -2.47. The minimum Gasteiger partial charge on any atom is -0.463 e. The normalized spacial score (nSPS) is 21.4. The second kappa shape index (κ2) is 40.4. The zero-order valence-electron chi connectivity index (χ0n) is 49.6. The van der Waals surface area contributed by atoms with Gasteiger partial charge in [0.15, 0.2) is 17.7 Å². The number of Topliss-reactive ketones (excluding diaryl/α,β-unsaturated/α-hetero) is 2. The highest BCUT2D eigenvalue weighted by molar-refractivity contribution is 6.02. The molecular formula is C62H92O20. The van der Waals surface area contributed by atoms with Gasteiger partial charge in [-0.25, -0.2) is 0 Å². The monoisotopic (exact) mass is 1160 g/mol. The van der Waals surface area contributed by atoms with Crippen LogP contribution >= 0.6 is 0 Å². The highest BCUT2D eigenvalue weighted by Gasteiger charge is 2.38. The van der Waals surface area contributed by atoms with E-state index >= 15 is 0 Å². The number of esters is 3. The fraction of sp³-hybridized carbons (Fsp3) is 0.548. The van der Waals surface area contributed by atoms with Crippen molar-refractivity contribution in [3.63, 3.8) is 0 Å². The molecule has 0 amide bonds. The molecule has 0 aromatic rings. The van der Waals surface area contributed by atoms with Gasteiger partial charge < -0.3 is 74.8 Å². The molecule has 0 fully saturated rings. The number of allylic oxidation sites excluding steroid dienone is 20. The highest BCUT2D eigenvalue weighted by Crippen LogP contribution is 2.40. The highest BCUT2D eigenvalue weighted by atomic mass is 16.6. The minimum atomic E-state index is -1.89. The first-order valence-corrected chi connectivity index (χ1v) is 27.3. The summed E-state index contributed by atoms with van der Waals surface area (Å²) in [7, 11) is 1.59. The zero-order chi connectivity index (χ0) is 62.9. The van der Waals surface area contributed by atoms with Crippen LogP contribution in [0.3, 0.4) is 0 Å². The van der Waals surface area contributed by atoms with Gasteiger partial charge in [-0.05, 0) is 88.0 Å². The molecular weight excluding hydrogens is 1060 g/mol. The van der Waals surface area contributed by atoms with E-state index in [1.165, 1.54) is 0 Å². The van der Waals surface area contributed by atoms with Crippen LogP contribution < -0.4 is 0 Å². The SMILES string of the molecule is CC.COC1CC(C)(C)C(/C=C/C(C)=C/C=C/C(C)=C/C=C/C=C(C)/C=C/C=C(C)/C=C/C2=C(C)C(=O)C(OC(=O)CCC(=O)OCC(O)C(O)C(O)C(O)CO)CC2C)=C(C)C1=O.O=CCCC(=O)OCC(O)C(O)C(O)C(O)CO. The number of ether oxygens (including phenoxy) is 4. The van der Waals surface area contributed by atoms with Crippen molar-refractivity contribution in [1.29, 1.82) is 0 Å². The predicted octanol–water partition coefficient (Wildman–Crippen LogP) is 4.45. The van der Waals surface area contributed by atoms with Crippen molar-refractivity contribution in [2.75, 3.05) is 33.5 Å². The Balaban J connectivity index is 0.00000278. The molecule has 20 heteroatoms. The van der Waals surface area contributed by atoms with Crippen molar-refractivity contribution in [3.05, 3.63) is 130 Å². The topological polar surface area (TPSA) is 342 Å². The van der Waals surface area contributed by atoms with E-state index < -0.39 is 106 Å². The minimum absolute atomic E-state index is 0.0106. The Kier molecular flexibility index (Phi) is 37.5. The Labute approximate surface area is 483 Å². The summed E-state index contributed by atoms with van der Waals surface area (Å²) in [6.07, 6.45) is 13.1. The zero-order valence-corrected chi connectivity index (χ0v) is 49.6. The standard InChI is InChI=1S/C50H68O12.C10H18O8.C2H6/c1-31(15-11-12-16-32(2)18-14-20-34(4)22-24-39-37(7)47(57)43(60-10)28-50(39,8)9)17-13-19-33(3)21-23-38-35(5)27-42(46(56)36(38)6)62-45(55)26-25-44(54)61-30-41(53)49(59)48(58)40(52)29-51;11-3-1-2-8(15)18-5-7(14)10(17)9(16)6(13)4-12;1-2/h11-24,35,40-43,48-49,51-53,58-59H,25-30H2,1-10H3;3,6-7,9-10,12-14,16-17H,1-2,4-5H2;1-2H3/b12-11+,17-13+,18-14+,23-21+,24-22+,31-15+,32-16+,33-19+,34-20+;;. The molecule has 2 aliphatic carbocycles. The third-order valence-electron chi connectivity index (χ3n) is 13.0. The van der Waals surface area contributed by atoms with Crippen LogP contribution in [0.5, 0.6) is 0 Å². The maximum Gasteiger partial charge on any atom is 0.307 e. The van der Waals surface area contributed by atoms with E-state index in [0.29, 0.717) is 18.3 Å². The molecule has 10 N–H and O–H groups in total. The summed E-state index contributed by atoms with van der Waals surface area (Å²) in [5.41, 5.74) is 7.17. The van der Waals surface area contributed by atoms with Gasteiger partial charge in [0.05, 0.1) is 32.5 Å². The number of hydrogen-bond acceptors (Lipinski definition) is 20. The summed E-state index contributed by atoms with van der Waals surface area (Å²) in [6, 6.07) is 0. The van der Waals surface area contributed by atoms with E-state index in [0.717, 1.165) is 39.0 Å². The lowest BCUT2D eigenvalue weighted by atomic mass is 9.71. The van der Waals surface area contributed by atoms with Gasteiger partial charge in [0, 0.05) is 13.5 Å². The number of rotatable bonds is 30. The number of methoxy groups -OCH3 is 1. The van der Waals surface area contributed by atoms with Gasteiger partial charge in [-0.15, -0.1) is 0 Å². The van der Waals surface area contributed by atoms with Crippen molar-refractivity contribution in [3.8, 4) is 0 Å².